The molecule has 2 aromatic rings. The van der Waals surface area contributed by atoms with Crippen LogP contribution in [0.2, 0.25) is 5.02 Å². The molecule has 0 amide bonds. The molecule has 1 aliphatic rings. The first-order valence-corrected chi connectivity index (χ1v) is 7.44. The molecule has 21 heavy (non-hydrogen) atoms. The van der Waals surface area contributed by atoms with Crippen LogP contribution in [0, 0.1) is 5.82 Å². The largest absolute Gasteiger partial charge is 0.393 e. The molecule has 1 saturated carbocycles. The third kappa shape index (κ3) is 3.41. The summed E-state index contributed by atoms with van der Waals surface area (Å²) in [7, 11) is 0. The highest BCUT2D eigenvalue weighted by atomic mass is 35.5. The van der Waals surface area contributed by atoms with E-state index in [-0.39, 0.29) is 17.8 Å². The molecule has 0 saturated heterocycles. The van der Waals surface area contributed by atoms with E-state index >= 15 is 0 Å². The molecule has 1 aromatic carbocycles. The molecule has 1 N–H and O–H groups in total. The van der Waals surface area contributed by atoms with E-state index in [1.54, 1.807) is 6.07 Å². The van der Waals surface area contributed by atoms with Crippen LogP contribution in [0.4, 0.5) is 4.39 Å². The molecule has 3 rings (SSSR count). The summed E-state index contributed by atoms with van der Waals surface area (Å²) in [6.45, 7) is 0. The number of hydrogen-bond acceptors (Lipinski definition) is 4. The molecule has 4 nitrogen and oxygen atoms in total. The standard InChI is InChI=1S/C15H16ClFN2O2/c16-13-8-11(17)4-1-10(13)7-14-18-15(21-19-14)9-2-5-12(20)6-3-9/h1,4,8-9,12,20H,2-3,5-7H2. The zero-order valence-corrected chi connectivity index (χ0v) is 12.2. The second kappa shape index (κ2) is 6.12. The number of benzene rings is 1. The summed E-state index contributed by atoms with van der Waals surface area (Å²) in [6.07, 6.45) is 3.47. The van der Waals surface area contributed by atoms with Gasteiger partial charge in [0.2, 0.25) is 5.89 Å². The summed E-state index contributed by atoms with van der Waals surface area (Å²) in [5, 5.41) is 13.8. The fraction of sp³-hybridized carbons (Fsp3) is 0.467. The fourth-order valence-corrected chi connectivity index (χ4v) is 2.90. The van der Waals surface area contributed by atoms with Crippen molar-refractivity contribution >= 4 is 11.6 Å². The van der Waals surface area contributed by atoms with Gasteiger partial charge in [0.25, 0.3) is 0 Å². The van der Waals surface area contributed by atoms with Crippen LogP contribution in [0.25, 0.3) is 0 Å². The van der Waals surface area contributed by atoms with Gasteiger partial charge in [-0.2, -0.15) is 4.98 Å². The van der Waals surface area contributed by atoms with Gasteiger partial charge in [-0.15, -0.1) is 0 Å². The van der Waals surface area contributed by atoms with Crippen molar-refractivity contribution in [1.82, 2.24) is 10.1 Å². The lowest BCUT2D eigenvalue weighted by molar-refractivity contribution is 0.116. The van der Waals surface area contributed by atoms with Crippen molar-refractivity contribution in [3.8, 4) is 0 Å². The lowest BCUT2D eigenvalue weighted by atomic mass is 9.87. The first-order chi connectivity index (χ1) is 10.1. The maximum Gasteiger partial charge on any atom is 0.229 e. The maximum absolute atomic E-state index is 13.0. The second-order valence-electron chi connectivity index (χ2n) is 5.47. The van der Waals surface area contributed by atoms with Crippen molar-refractivity contribution in [2.24, 2.45) is 0 Å². The van der Waals surface area contributed by atoms with Crippen LogP contribution < -0.4 is 0 Å². The van der Waals surface area contributed by atoms with Gasteiger partial charge < -0.3 is 9.63 Å². The van der Waals surface area contributed by atoms with E-state index in [0.717, 1.165) is 31.2 Å². The van der Waals surface area contributed by atoms with E-state index in [1.807, 2.05) is 0 Å². The van der Waals surface area contributed by atoms with Gasteiger partial charge in [0.05, 0.1) is 6.10 Å². The molecule has 0 bridgehead atoms. The molecule has 0 radical (unpaired) electrons. The minimum Gasteiger partial charge on any atom is -0.393 e. The average molecular weight is 311 g/mol. The topological polar surface area (TPSA) is 59.2 Å². The van der Waals surface area contributed by atoms with Gasteiger partial charge in [0, 0.05) is 17.4 Å². The molecule has 6 heteroatoms. The van der Waals surface area contributed by atoms with E-state index in [0.29, 0.717) is 23.2 Å². The Bertz CT molecular complexity index is 624. The molecule has 0 atom stereocenters. The average Bonchev–Trinajstić information content (AvgIpc) is 2.91. The van der Waals surface area contributed by atoms with Crippen LogP contribution in [-0.4, -0.2) is 21.4 Å². The number of nitrogens with zero attached hydrogens (tertiary/aromatic N) is 2. The predicted octanol–water partition coefficient (Wildman–Crippen LogP) is 3.47. The quantitative estimate of drug-likeness (QED) is 0.943. The Kier molecular flexibility index (Phi) is 4.22. The summed E-state index contributed by atoms with van der Waals surface area (Å²) in [4.78, 5) is 4.41. The fourth-order valence-electron chi connectivity index (χ4n) is 2.66. The molecule has 0 aliphatic heterocycles. The van der Waals surface area contributed by atoms with E-state index in [2.05, 4.69) is 10.1 Å². The first kappa shape index (κ1) is 14.5. The number of aliphatic hydroxyl groups excluding tert-OH is 1. The lowest BCUT2D eigenvalue weighted by Crippen LogP contribution is -2.17. The molecule has 112 valence electrons. The molecular formula is C15H16ClFN2O2. The summed E-state index contributed by atoms with van der Waals surface area (Å²) < 4.78 is 18.3. The van der Waals surface area contributed by atoms with Crippen molar-refractivity contribution in [2.45, 2.75) is 44.1 Å². The molecule has 1 heterocycles. The Balaban J connectivity index is 1.70. The molecule has 1 aliphatic carbocycles. The lowest BCUT2D eigenvalue weighted by Gasteiger charge is -2.22. The summed E-state index contributed by atoms with van der Waals surface area (Å²) in [6, 6.07) is 4.27. The molecule has 0 unspecified atom stereocenters. The van der Waals surface area contributed by atoms with Crippen LogP contribution in [0.3, 0.4) is 0 Å². The number of aromatic nitrogens is 2. The van der Waals surface area contributed by atoms with Crippen LogP contribution in [0.1, 0.15) is 48.9 Å². The Morgan fingerprint density at radius 3 is 2.76 bits per heavy atom. The normalized spacial score (nSPS) is 22.4. The van der Waals surface area contributed by atoms with E-state index in [4.69, 9.17) is 16.1 Å². The van der Waals surface area contributed by atoms with Crippen molar-refractivity contribution in [3.63, 3.8) is 0 Å². The van der Waals surface area contributed by atoms with Crippen molar-refractivity contribution in [2.75, 3.05) is 0 Å². The Labute approximate surface area is 126 Å². The number of halogens is 2. The number of rotatable bonds is 3. The van der Waals surface area contributed by atoms with Gasteiger partial charge in [0.1, 0.15) is 5.82 Å². The molecule has 0 spiro atoms. The molecule has 1 fully saturated rings. The zero-order valence-electron chi connectivity index (χ0n) is 11.4. The van der Waals surface area contributed by atoms with Gasteiger partial charge >= 0.3 is 0 Å². The monoisotopic (exact) mass is 310 g/mol. The van der Waals surface area contributed by atoms with E-state index in [1.165, 1.54) is 12.1 Å². The van der Waals surface area contributed by atoms with Gasteiger partial charge in [-0.05, 0) is 43.4 Å². The van der Waals surface area contributed by atoms with Crippen LogP contribution >= 0.6 is 11.6 Å². The summed E-state index contributed by atoms with van der Waals surface area (Å²) >= 11 is 6.00. The van der Waals surface area contributed by atoms with Crippen molar-refractivity contribution in [1.29, 1.82) is 0 Å². The maximum atomic E-state index is 13.0. The Morgan fingerprint density at radius 1 is 1.29 bits per heavy atom. The van der Waals surface area contributed by atoms with Gasteiger partial charge in [-0.1, -0.05) is 22.8 Å². The molecule has 1 aromatic heterocycles. The van der Waals surface area contributed by atoms with Crippen LogP contribution in [-0.2, 0) is 6.42 Å². The Morgan fingerprint density at radius 2 is 2.05 bits per heavy atom. The predicted molar refractivity (Wildman–Crippen MR) is 75.7 cm³/mol. The van der Waals surface area contributed by atoms with Crippen molar-refractivity contribution in [3.05, 3.63) is 46.3 Å². The SMILES string of the molecule is OC1CCC(c2nc(Cc3ccc(F)cc3Cl)no2)CC1. The minimum atomic E-state index is -0.363. The molecular weight excluding hydrogens is 295 g/mol. The van der Waals surface area contributed by atoms with Crippen LogP contribution in [0.15, 0.2) is 22.7 Å². The highest BCUT2D eigenvalue weighted by Crippen LogP contribution is 2.32. The first-order valence-electron chi connectivity index (χ1n) is 7.06. The van der Waals surface area contributed by atoms with Gasteiger partial charge in [0.15, 0.2) is 5.82 Å². The zero-order chi connectivity index (χ0) is 14.8. The minimum absolute atomic E-state index is 0.207. The number of hydrogen-bond donors (Lipinski definition) is 1. The van der Waals surface area contributed by atoms with Crippen molar-refractivity contribution < 1.29 is 14.0 Å². The van der Waals surface area contributed by atoms with Crippen LogP contribution in [0.5, 0.6) is 0 Å². The highest BCUT2D eigenvalue weighted by Gasteiger charge is 2.25. The summed E-state index contributed by atoms with van der Waals surface area (Å²) in [5.41, 5.74) is 0.768. The second-order valence-corrected chi connectivity index (χ2v) is 5.87. The van der Waals surface area contributed by atoms with Gasteiger partial charge in [-0.25, -0.2) is 4.39 Å². The smallest absolute Gasteiger partial charge is 0.229 e. The number of aliphatic hydroxyl groups is 1. The summed E-state index contributed by atoms with van der Waals surface area (Å²) in [5.74, 6) is 1.02. The van der Waals surface area contributed by atoms with Gasteiger partial charge in [-0.3, -0.25) is 0 Å². The van der Waals surface area contributed by atoms with E-state index < -0.39 is 0 Å². The Hall–Kier alpha value is -1.46. The highest BCUT2D eigenvalue weighted by molar-refractivity contribution is 6.31. The third-order valence-corrected chi connectivity index (χ3v) is 4.25. The van der Waals surface area contributed by atoms with E-state index in [9.17, 15) is 9.50 Å². The third-order valence-electron chi connectivity index (χ3n) is 3.89.